The number of nitriles is 1. The van der Waals surface area contributed by atoms with Crippen LogP contribution in [0.3, 0.4) is 0 Å². The van der Waals surface area contributed by atoms with Crippen LogP contribution in [-0.2, 0) is 4.79 Å². The fourth-order valence-electron chi connectivity index (χ4n) is 3.08. The van der Waals surface area contributed by atoms with Crippen molar-refractivity contribution < 1.29 is 19.4 Å². The highest BCUT2D eigenvalue weighted by molar-refractivity contribution is 5.69. The van der Waals surface area contributed by atoms with Crippen molar-refractivity contribution in [1.29, 1.82) is 5.26 Å². The van der Waals surface area contributed by atoms with Crippen LogP contribution in [-0.4, -0.2) is 27.3 Å². The van der Waals surface area contributed by atoms with E-state index in [1.165, 1.54) is 23.8 Å². The third-order valence-electron chi connectivity index (χ3n) is 4.33. The van der Waals surface area contributed by atoms with E-state index in [1.54, 1.807) is 38.1 Å². The number of ether oxygens (including phenoxy) is 2. The molecular weight excluding hydrogens is 336 g/mol. The van der Waals surface area contributed by atoms with Crippen molar-refractivity contribution in [3.8, 4) is 17.6 Å². The van der Waals surface area contributed by atoms with Gasteiger partial charge in [-0.1, -0.05) is 0 Å². The van der Waals surface area contributed by atoms with Crippen LogP contribution in [0.15, 0.2) is 41.3 Å². The van der Waals surface area contributed by atoms with Crippen LogP contribution in [0.4, 0.5) is 0 Å². The summed E-state index contributed by atoms with van der Waals surface area (Å²) in [6, 6.07) is 9.04. The summed E-state index contributed by atoms with van der Waals surface area (Å²) in [5.74, 6) is -0.261. The smallest absolute Gasteiger partial charge is 0.308 e. The van der Waals surface area contributed by atoms with Gasteiger partial charge in [-0.25, -0.2) is 0 Å². The van der Waals surface area contributed by atoms with E-state index < -0.39 is 29.3 Å². The van der Waals surface area contributed by atoms with E-state index >= 15 is 0 Å². The zero-order chi connectivity index (χ0) is 19.1. The number of rotatable bonds is 2. The summed E-state index contributed by atoms with van der Waals surface area (Å²) in [5.41, 5.74) is -0.632. The predicted molar refractivity (Wildman–Crippen MR) is 92.0 cm³/mol. The molecule has 2 unspecified atom stereocenters. The third-order valence-corrected chi connectivity index (χ3v) is 4.33. The van der Waals surface area contributed by atoms with E-state index in [0.717, 1.165) is 0 Å². The molecule has 1 aromatic carbocycles. The molecule has 0 aliphatic carbocycles. The lowest BCUT2D eigenvalue weighted by Crippen LogP contribution is -2.52. The Bertz CT molecular complexity index is 971. The quantitative estimate of drug-likeness (QED) is 0.825. The van der Waals surface area contributed by atoms with Crippen molar-refractivity contribution in [1.82, 2.24) is 4.57 Å². The van der Waals surface area contributed by atoms with Crippen molar-refractivity contribution in [2.24, 2.45) is 0 Å². The van der Waals surface area contributed by atoms with Gasteiger partial charge in [-0.15, -0.1) is 0 Å². The molecule has 7 nitrogen and oxygen atoms in total. The highest BCUT2D eigenvalue weighted by Crippen LogP contribution is 2.41. The highest BCUT2D eigenvalue weighted by atomic mass is 16.5. The predicted octanol–water partition coefficient (Wildman–Crippen LogP) is 1.77. The maximum absolute atomic E-state index is 12.8. The highest BCUT2D eigenvalue weighted by Gasteiger charge is 2.44. The van der Waals surface area contributed by atoms with Crippen molar-refractivity contribution in [2.45, 2.75) is 38.5 Å². The lowest BCUT2D eigenvalue weighted by Gasteiger charge is -2.42. The van der Waals surface area contributed by atoms with Crippen LogP contribution in [0, 0.1) is 11.3 Å². The zero-order valence-corrected chi connectivity index (χ0v) is 14.6. The van der Waals surface area contributed by atoms with Gasteiger partial charge in [0, 0.05) is 18.7 Å². The normalized spacial score (nSPS) is 20.4. The Balaban J connectivity index is 2.23. The van der Waals surface area contributed by atoms with Gasteiger partial charge >= 0.3 is 5.97 Å². The van der Waals surface area contributed by atoms with Gasteiger partial charge in [0.05, 0.1) is 17.7 Å². The van der Waals surface area contributed by atoms with Gasteiger partial charge in [-0.05, 0) is 44.2 Å². The number of benzene rings is 1. The summed E-state index contributed by atoms with van der Waals surface area (Å²) in [6.45, 7) is 4.64. The molecule has 134 valence electrons. The Morgan fingerprint density at radius 2 is 2.12 bits per heavy atom. The monoisotopic (exact) mass is 354 g/mol. The van der Waals surface area contributed by atoms with Gasteiger partial charge in [-0.3, -0.25) is 9.59 Å². The van der Waals surface area contributed by atoms with E-state index in [2.05, 4.69) is 0 Å². The van der Waals surface area contributed by atoms with Crippen LogP contribution in [0.2, 0.25) is 0 Å². The van der Waals surface area contributed by atoms with Crippen LogP contribution in [0.1, 0.15) is 37.9 Å². The number of hydrogen-bond acceptors (Lipinski definition) is 6. The van der Waals surface area contributed by atoms with Gasteiger partial charge in [0.25, 0.3) is 5.56 Å². The minimum absolute atomic E-state index is 0.130. The molecule has 0 amide bonds. The van der Waals surface area contributed by atoms with Crippen molar-refractivity contribution in [3.63, 3.8) is 0 Å². The fourth-order valence-corrected chi connectivity index (χ4v) is 3.08. The summed E-state index contributed by atoms with van der Waals surface area (Å²) in [6.07, 6.45) is 0.433. The summed E-state index contributed by atoms with van der Waals surface area (Å²) >= 11 is 0. The number of fused-ring (bicyclic) bond motifs is 1. The topological polar surface area (TPSA) is 102 Å². The molecule has 2 heterocycles. The molecule has 0 radical (unpaired) electrons. The maximum atomic E-state index is 12.8. The number of aliphatic hydroxyl groups is 1. The van der Waals surface area contributed by atoms with Gasteiger partial charge < -0.3 is 19.1 Å². The second-order valence-corrected chi connectivity index (χ2v) is 6.64. The van der Waals surface area contributed by atoms with Crippen molar-refractivity contribution >= 4 is 5.97 Å². The van der Waals surface area contributed by atoms with E-state index in [9.17, 15) is 20.0 Å². The Kier molecular flexibility index (Phi) is 4.30. The number of carbonyl (C=O) groups excluding carboxylic acids is 1. The molecule has 2 atom stereocenters. The first-order chi connectivity index (χ1) is 12.2. The van der Waals surface area contributed by atoms with Crippen molar-refractivity contribution in [3.05, 3.63) is 58.0 Å². The Hall–Kier alpha value is -3.11. The molecule has 0 bridgehead atoms. The first-order valence-electron chi connectivity index (χ1n) is 8.05. The molecule has 1 aliphatic rings. The molecule has 1 aromatic heterocycles. The minimum Gasteiger partial charge on any atom is -0.485 e. The van der Waals surface area contributed by atoms with E-state index in [4.69, 9.17) is 9.47 Å². The third kappa shape index (κ3) is 2.95. The summed E-state index contributed by atoms with van der Waals surface area (Å²) in [4.78, 5) is 24.0. The number of nitrogens with zero attached hydrogens (tertiary/aromatic N) is 2. The van der Waals surface area contributed by atoms with Gasteiger partial charge in [0.2, 0.25) is 0 Å². The second kappa shape index (κ2) is 6.32. The Morgan fingerprint density at radius 3 is 2.77 bits per heavy atom. The fraction of sp³-hybridized carbons (Fsp3) is 0.316. The van der Waals surface area contributed by atoms with E-state index in [-0.39, 0.29) is 5.75 Å². The van der Waals surface area contributed by atoms with Crippen LogP contribution in [0.25, 0.3) is 0 Å². The molecule has 0 spiro atoms. The van der Waals surface area contributed by atoms with Gasteiger partial charge in [0.15, 0.2) is 5.75 Å². The van der Waals surface area contributed by atoms with Gasteiger partial charge in [-0.2, -0.15) is 5.26 Å². The molecule has 26 heavy (non-hydrogen) atoms. The van der Waals surface area contributed by atoms with Crippen LogP contribution >= 0.6 is 0 Å². The zero-order valence-electron chi connectivity index (χ0n) is 14.6. The molecule has 1 N–H and O–H groups in total. The number of aromatic nitrogens is 1. The molecule has 0 fully saturated rings. The summed E-state index contributed by atoms with van der Waals surface area (Å²) < 4.78 is 12.1. The Labute approximate surface area is 150 Å². The first kappa shape index (κ1) is 17.7. The number of aliphatic hydroxyl groups excluding tert-OH is 1. The summed E-state index contributed by atoms with van der Waals surface area (Å²) in [7, 11) is 0. The maximum Gasteiger partial charge on any atom is 0.308 e. The summed E-state index contributed by atoms with van der Waals surface area (Å²) in [5, 5.41) is 20.1. The number of pyridine rings is 1. The number of esters is 1. The average molecular weight is 354 g/mol. The first-order valence-corrected chi connectivity index (χ1v) is 8.05. The SMILES string of the molecule is CC(=O)Oc1cccn(C2c3cc(C#N)ccc3OC(C)(C)C2O)c1=O. The van der Waals surface area contributed by atoms with Crippen LogP contribution in [0.5, 0.6) is 11.5 Å². The molecule has 0 saturated heterocycles. The lowest BCUT2D eigenvalue weighted by molar-refractivity contribution is -0.132. The average Bonchev–Trinajstić information content (AvgIpc) is 2.58. The molecular formula is C19H18N2O5. The minimum atomic E-state index is -1.07. The van der Waals surface area contributed by atoms with Crippen molar-refractivity contribution in [2.75, 3.05) is 0 Å². The molecule has 1 aliphatic heterocycles. The second-order valence-electron chi connectivity index (χ2n) is 6.64. The Morgan fingerprint density at radius 1 is 1.38 bits per heavy atom. The lowest BCUT2D eigenvalue weighted by atomic mass is 9.85. The number of carbonyl (C=O) groups is 1. The van der Waals surface area contributed by atoms with E-state index in [1.807, 2.05) is 6.07 Å². The van der Waals surface area contributed by atoms with Gasteiger partial charge in [0.1, 0.15) is 17.5 Å². The molecule has 7 heteroatoms. The largest absolute Gasteiger partial charge is 0.485 e. The standard InChI is InChI=1S/C19H18N2O5/c1-11(22)25-15-5-4-8-21(18(15)24)16-13-9-12(10-20)6-7-14(13)26-19(2,3)17(16)23/h4-9,16-17,23H,1-3H3. The van der Waals surface area contributed by atoms with E-state index in [0.29, 0.717) is 16.9 Å². The molecule has 2 aromatic rings. The molecule has 3 rings (SSSR count). The van der Waals surface area contributed by atoms with Crippen LogP contribution < -0.4 is 15.0 Å². The number of hydrogen-bond donors (Lipinski definition) is 1. The molecule has 0 saturated carbocycles.